The number of fused-ring (bicyclic) bond motifs is 1. The van der Waals surface area contributed by atoms with Gasteiger partial charge in [0.25, 0.3) is 5.69 Å². The van der Waals surface area contributed by atoms with Gasteiger partial charge in [-0.1, -0.05) is 24.8 Å². The van der Waals surface area contributed by atoms with Crippen LogP contribution in [0.4, 0.5) is 5.69 Å². The second-order valence-electron chi connectivity index (χ2n) is 6.52. The first kappa shape index (κ1) is 17.8. The molecule has 0 spiro atoms. The van der Waals surface area contributed by atoms with Crippen LogP contribution in [0.15, 0.2) is 47.6 Å². The zero-order valence-corrected chi connectivity index (χ0v) is 15.9. The lowest BCUT2D eigenvalue weighted by Crippen LogP contribution is -2.35. The molecule has 0 radical (unpaired) electrons. The lowest BCUT2D eigenvalue weighted by molar-refractivity contribution is -0.385. The van der Waals surface area contributed by atoms with Crippen LogP contribution in [0.3, 0.4) is 0 Å². The molecule has 27 heavy (non-hydrogen) atoms. The van der Waals surface area contributed by atoms with Gasteiger partial charge in [-0.3, -0.25) is 20.1 Å². The molecule has 0 amide bonds. The molecule has 0 saturated carbocycles. The Kier molecular flexibility index (Phi) is 4.73. The molecular formula is C19H20N4O3S. The normalized spacial score (nSPS) is 23.9. The number of aliphatic imine (C=N–C) groups is 1. The second-order valence-corrected chi connectivity index (χ2v) is 7.51. The number of methoxy groups -OCH3 is 1. The fourth-order valence-corrected chi connectivity index (χ4v) is 5.09. The number of rotatable bonds is 5. The first-order valence-electron chi connectivity index (χ1n) is 8.86. The number of benzene rings is 1. The SMILES string of the molecule is CC[C@H]1CSC2=N[C@@H](c3ccccn3)[C@@H](c3cc([N+](=O)[O-])ccc3OC)N21. The van der Waals surface area contributed by atoms with E-state index in [1.165, 1.54) is 6.07 Å². The zero-order chi connectivity index (χ0) is 19.0. The molecule has 1 fully saturated rings. The van der Waals surface area contributed by atoms with E-state index in [2.05, 4.69) is 16.8 Å². The molecule has 0 bridgehead atoms. The van der Waals surface area contributed by atoms with Crippen molar-refractivity contribution in [1.29, 1.82) is 0 Å². The third kappa shape index (κ3) is 3.03. The first-order chi connectivity index (χ1) is 13.1. The van der Waals surface area contributed by atoms with E-state index in [9.17, 15) is 10.1 Å². The highest BCUT2D eigenvalue weighted by atomic mass is 32.2. The van der Waals surface area contributed by atoms with Crippen molar-refractivity contribution in [2.24, 2.45) is 4.99 Å². The van der Waals surface area contributed by atoms with Gasteiger partial charge in [0.1, 0.15) is 11.8 Å². The molecule has 2 aliphatic heterocycles. The summed E-state index contributed by atoms with van der Waals surface area (Å²) < 4.78 is 5.57. The number of nitro benzene ring substituents is 1. The van der Waals surface area contributed by atoms with Crippen LogP contribution in [0.2, 0.25) is 0 Å². The standard InChI is InChI=1S/C19H20N4O3S/c1-3-12-11-27-19-21-17(15-6-4-5-9-20-15)18(22(12)19)14-10-13(23(24)25)7-8-16(14)26-2/h4-10,12,17-18H,3,11H2,1-2H3/t12-,17-,18+/m0/s1. The van der Waals surface area contributed by atoms with Crippen LogP contribution in [-0.4, -0.2) is 38.9 Å². The highest BCUT2D eigenvalue weighted by molar-refractivity contribution is 8.14. The summed E-state index contributed by atoms with van der Waals surface area (Å²) in [4.78, 5) is 22.8. The van der Waals surface area contributed by atoms with Gasteiger partial charge in [0.05, 0.1) is 23.8 Å². The van der Waals surface area contributed by atoms with Crippen LogP contribution < -0.4 is 4.74 Å². The number of hydrogen-bond acceptors (Lipinski definition) is 7. The number of ether oxygens (including phenoxy) is 1. The molecule has 3 atom stereocenters. The van der Waals surface area contributed by atoms with Gasteiger partial charge in [-0.25, -0.2) is 0 Å². The summed E-state index contributed by atoms with van der Waals surface area (Å²) in [6, 6.07) is 10.5. The van der Waals surface area contributed by atoms with Crippen molar-refractivity contribution in [3.63, 3.8) is 0 Å². The summed E-state index contributed by atoms with van der Waals surface area (Å²) in [7, 11) is 1.59. The molecule has 0 unspecified atom stereocenters. The van der Waals surface area contributed by atoms with E-state index in [4.69, 9.17) is 9.73 Å². The summed E-state index contributed by atoms with van der Waals surface area (Å²) >= 11 is 1.74. The summed E-state index contributed by atoms with van der Waals surface area (Å²) in [5.41, 5.74) is 1.69. The minimum absolute atomic E-state index is 0.0546. The molecule has 2 aliphatic rings. The third-order valence-electron chi connectivity index (χ3n) is 5.07. The van der Waals surface area contributed by atoms with E-state index in [0.29, 0.717) is 11.8 Å². The van der Waals surface area contributed by atoms with Crippen LogP contribution in [0.1, 0.15) is 36.7 Å². The Morgan fingerprint density at radius 1 is 1.37 bits per heavy atom. The summed E-state index contributed by atoms with van der Waals surface area (Å²) in [6.45, 7) is 2.16. The molecule has 8 heteroatoms. The average Bonchev–Trinajstić information content (AvgIpc) is 3.27. The van der Waals surface area contributed by atoms with Crippen molar-refractivity contribution in [2.75, 3.05) is 12.9 Å². The molecule has 0 N–H and O–H groups in total. The molecule has 2 aromatic rings. The van der Waals surface area contributed by atoms with Crippen molar-refractivity contribution < 1.29 is 9.66 Å². The Labute approximate surface area is 161 Å². The average molecular weight is 384 g/mol. The Morgan fingerprint density at radius 2 is 2.22 bits per heavy atom. The summed E-state index contributed by atoms with van der Waals surface area (Å²) in [5, 5.41) is 12.4. The highest BCUT2D eigenvalue weighted by Gasteiger charge is 2.46. The van der Waals surface area contributed by atoms with Crippen LogP contribution in [0, 0.1) is 10.1 Å². The third-order valence-corrected chi connectivity index (χ3v) is 6.20. The number of amidine groups is 1. The molecule has 3 heterocycles. The Bertz CT molecular complexity index is 890. The van der Waals surface area contributed by atoms with Crippen molar-refractivity contribution in [2.45, 2.75) is 31.5 Å². The van der Waals surface area contributed by atoms with Gasteiger partial charge < -0.3 is 9.64 Å². The number of aromatic nitrogens is 1. The predicted octanol–water partition coefficient (Wildman–Crippen LogP) is 3.98. The lowest BCUT2D eigenvalue weighted by Gasteiger charge is -2.32. The number of hydrogen-bond donors (Lipinski definition) is 0. The Hall–Kier alpha value is -2.61. The molecular weight excluding hydrogens is 364 g/mol. The number of thioether (sulfide) groups is 1. The maximum Gasteiger partial charge on any atom is 0.270 e. The fraction of sp³-hybridized carbons (Fsp3) is 0.368. The van der Waals surface area contributed by atoms with E-state index in [-0.39, 0.29) is 22.7 Å². The van der Waals surface area contributed by atoms with Crippen LogP contribution in [0.5, 0.6) is 5.75 Å². The van der Waals surface area contributed by atoms with Gasteiger partial charge in [0.15, 0.2) is 5.17 Å². The quantitative estimate of drug-likeness (QED) is 0.573. The van der Waals surface area contributed by atoms with Crippen molar-refractivity contribution in [3.05, 3.63) is 64.0 Å². The molecule has 140 valence electrons. The Morgan fingerprint density at radius 3 is 2.89 bits per heavy atom. The van der Waals surface area contributed by atoms with Gasteiger partial charge in [-0.05, 0) is 24.6 Å². The molecule has 7 nitrogen and oxygen atoms in total. The number of non-ortho nitro benzene ring substituents is 1. The summed E-state index contributed by atoms with van der Waals surface area (Å²) in [5.74, 6) is 1.60. The van der Waals surface area contributed by atoms with Gasteiger partial charge >= 0.3 is 0 Å². The van der Waals surface area contributed by atoms with Crippen LogP contribution in [0.25, 0.3) is 0 Å². The van der Waals surface area contributed by atoms with Crippen molar-refractivity contribution in [1.82, 2.24) is 9.88 Å². The lowest BCUT2D eigenvalue weighted by atomic mass is 9.94. The highest BCUT2D eigenvalue weighted by Crippen LogP contribution is 2.50. The van der Waals surface area contributed by atoms with Crippen LogP contribution >= 0.6 is 11.8 Å². The number of nitrogens with zero attached hydrogens (tertiary/aromatic N) is 4. The molecule has 4 rings (SSSR count). The minimum atomic E-state index is -0.370. The molecule has 1 aromatic heterocycles. The van der Waals surface area contributed by atoms with E-state index < -0.39 is 0 Å². The van der Waals surface area contributed by atoms with Gasteiger partial charge in [-0.15, -0.1) is 0 Å². The van der Waals surface area contributed by atoms with Gasteiger partial charge in [0, 0.05) is 35.7 Å². The van der Waals surface area contributed by atoms with Gasteiger partial charge in [-0.2, -0.15) is 0 Å². The van der Waals surface area contributed by atoms with Crippen LogP contribution in [-0.2, 0) is 0 Å². The minimum Gasteiger partial charge on any atom is -0.496 e. The monoisotopic (exact) mass is 384 g/mol. The number of pyridine rings is 1. The Balaban J connectivity index is 1.87. The van der Waals surface area contributed by atoms with Crippen molar-refractivity contribution >= 4 is 22.6 Å². The fourth-order valence-electron chi connectivity index (χ4n) is 3.75. The number of nitro groups is 1. The first-order valence-corrected chi connectivity index (χ1v) is 9.84. The maximum atomic E-state index is 11.4. The smallest absolute Gasteiger partial charge is 0.270 e. The zero-order valence-electron chi connectivity index (χ0n) is 15.1. The molecule has 1 saturated heterocycles. The van der Waals surface area contributed by atoms with Gasteiger partial charge in [0.2, 0.25) is 0 Å². The van der Waals surface area contributed by atoms with E-state index in [1.54, 1.807) is 37.2 Å². The van der Waals surface area contributed by atoms with E-state index >= 15 is 0 Å². The van der Waals surface area contributed by atoms with Crippen molar-refractivity contribution in [3.8, 4) is 5.75 Å². The maximum absolute atomic E-state index is 11.4. The predicted molar refractivity (Wildman–Crippen MR) is 105 cm³/mol. The largest absolute Gasteiger partial charge is 0.496 e. The topological polar surface area (TPSA) is 80.9 Å². The summed E-state index contributed by atoms with van der Waals surface area (Å²) in [6.07, 6.45) is 2.74. The molecule has 0 aliphatic carbocycles. The molecule has 1 aromatic carbocycles. The second kappa shape index (κ2) is 7.19. The van der Waals surface area contributed by atoms with E-state index in [0.717, 1.165) is 28.6 Å². The van der Waals surface area contributed by atoms with E-state index in [1.807, 2.05) is 18.2 Å².